The molecule has 0 bridgehead atoms. The second-order valence-electron chi connectivity index (χ2n) is 7.65. The van der Waals surface area contributed by atoms with Crippen molar-refractivity contribution in [3.05, 3.63) is 78.1 Å². The Morgan fingerprint density at radius 2 is 1.62 bits per heavy atom. The first kappa shape index (κ1) is 14.1. The van der Waals surface area contributed by atoms with Gasteiger partial charge in [-0.15, -0.1) is 0 Å². The zero-order valence-corrected chi connectivity index (χ0v) is 14.7. The number of fused-ring (bicyclic) bond motifs is 6. The number of nitrogens with zero attached hydrogens (tertiary/aromatic N) is 1. The van der Waals surface area contributed by atoms with Gasteiger partial charge in [-0.25, -0.2) is 0 Å². The van der Waals surface area contributed by atoms with E-state index in [1.54, 1.807) is 0 Å². The summed E-state index contributed by atoms with van der Waals surface area (Å²) >= 11 is 0. The quantitative estimate of drug-likeness (QED) is 0.325. The molecule has 0 fully saturated rings. The van der Waals surface area contributed by atoms with Crippen LogP contribution in [0.25, 0.3) is 43.8 Å². The average molecular weight is 335 g/mol. The van der Waals surface area contributed by atoms with E-state index < -0.39 is 0 Å². The summed E-state index contributed by atoms with van der Waals surface area (Å²) in [7, 11) is 0. The minimum atomic E-state index is -0.129. The fourth-order valence-electron chi connectivity index (χ4n) is 4.68. The molecule has 0 saturated carbocycles. The zero-order chi connectivity index (χ0) is 17.5. The molecule has 2 aromatic heterocycles. The Hall–Kier alpha value is -3.13. The molecule has 0 aliphatic heterocycles. The largest absolute Gasteiger partial charge is 0.456 e. The SMILES string of the molecule is CC1(C)c2ncccc2-c2cc3oc4ccccc4c3c3cccc1c23. The van der Waals surface area contributed by atoms with E-state index in [2.05, 4.69) is 56.3 Å². The Balaban J connectivity index is 1.93. The van der Waals surface area contributed by atoms with Gasteiger partial charge in [0.05, 0.1) is 5.69 Å². The third kappa shape index (κ3) is 1.55. The van der Waals surface area contributed by atoms with Crippen LogP contribution < -0.4 is 0 Å². The molecule has 124 valence electrons. The lowest BCUT2D eigenvalue weighted by atomic mass is 9.70. The van der Waals surface area contributed by atoms with E-state index in [0.29, 0.717) is 0 Å². The molecule has 0 N–H and O–H groups in total. The van der Waals surface area contributed by atoms with Gasteiger partial charge >= 0.3 is 0 Å². The van der Waals surface area contributed by atoms with Crippen molar-refractivity contribution in [3.63, 3.8) is 0 Å². The topological polar surface area (TPSA) is 26.0 Å². The maximum atomic E-state index is 6.21. The molecular formula is C24H17NO. The molecule has 1 aliphatic carbocycles. The Morgan fingerprint density at radius 1 is 0.769 bits per heavy atom. The van der Waals surface area contributed by atoms with Crippen LogP contribution in [-0.2, 0) is 5.41 Å². The summed E-state index contributed by atoms with van der Waals surface area (Å²) in [5.74, 6) is 0. The fourth-order valence-corrected chi connectivity index (χ4v) is 4.68. The standard InChI is InChI=1S/C24H17NO/c1-24(2)18-10-5-8-16-21(18)17(14-9-6-12-25-23(14)24)13-20-22(16)15-7-3-4-11-19(15)26-20/h3-13H,1-2H3. The van der Waals surface area contributed by atoms with Gasteiger partial charge in [0.25, 0.3) is 0 Å². The predicted octanol–water partition coefficient (Wildman–Crippen LogP) is 6.44. The van der Waals surface area contributed by atoms with E-state index in [1.807, 2.05) is 24.4 Å². The average Bonchev–Trinajstić information content (AvgIpc) is 3.04. The van der Waals surface area contributed by atoms with Crippen molar-refractivity contribution in [1.82, 2.24) is 4.98 Å². The Kier molecular flexibility index (Phi) is 2.45. The number of furan rings is 1. The van der Waals surface area contributed by atoms with E-state index in [4.69, 9.17) is 9.40 Å². The monoisotopic (exact) mass is 335 g/mol. The highest BCUT2D eigenvalue weighted by atomic mass is 16.3. The van der Waals surface area contributed by atoms with Crippen molar-refractivity contribution in [1.29, 1.82) is 0 Å². The van der Waals surface area contributed by atoms with E-state index in [9.17, 15) is 0 Å². The van der Waals surface area contributed by atoms with E-state index in [0.717, 1.165) is 16.9 Å². The number of hydrogen-bond acceptors (Lipinski definition) is 2. The molecule has 0 unspecified atom stereocenters. The molecule has 0 spiro atoms. The molecule has 2 heterocycles. The van der Waals surface area contributed by atoms with Crippen LogP contribution in [0.3, 0.4) is 0 Å². The normalized spacial score (nSPS) is 14.8. The van der Waals surface area contributed by atoms with Crippen molar-refractivity contribution < 1.29 is 4.42 Å². The molecular weight excluding hydrogens is 318 g/mol. The van der Waals surface area contributed by atoms with Crippen LogP contribution in [0.4, 0.5) is 0 Å². The molecule has 2 heteroatoms. The summed E-state index contributed by atoms with van der Waals surface area (Å²) in [5.41, 5.74) is 6.67. The highest BCUT2D eigenvalue weighted by Gasteiger charge is 2.35. The summed E-state index contributed by atoms with van der Waals surface area (Å²) in [6.07, 6.45) is 1.89. The summed E-state index contributed by atoms with van der Waals surface area (Å²) in [4.78, 5) is 4.75. The minimum Gasteiger partial charge on any atom is -0.456 e. The number of para-hydroxylation sites is 1. The number of aromatic nitrogens is 1. The molecule has 5 aromatic rings. The van der Waals surface area contributed by atoms with Gasteiger partial charge in [-0.2, -0.15) is 0 Å². The van der Waals surface area contributed by atoms with Crippen LogP contribution in [0.1, 0.15) is 25.1 Å². The summed E-state index contributed by atoms with van der Waals surface area (Å²) < 4.78 is 6.21. The minimum absolute atomic E-state index is 0.129. The molecule has 3 aromatic carbocycles. The first-order chi connectivity index (χ1) is 12.7. The van der Waals surface area contributed by atoms with Gasteiger partial charge < -0.3 is 4.42 Å². The van der Waals surface area contributed by atoms with Crippen molar-refractivity contribution in [2.24, 2.45) is 0 Å². The molecule has 6 rings (SSSR count). The molecule has 0 amide bonds. The van der Waals surface area contributed by atoms with Gasteiger partial charge in [-0.05, 0) is 40.1 Å². The number of rotatable bonds is 0. The molecule has 0 saturated heterocycles. The van der Waals surface area contributed by atoms with Crippen LogP contribution in [0, 0.1) is 0 Å². The second-order valence-corrected chi connectivity index (χ2v) is 7.65. The maximum absolute atomic E-state index is 6.21. The van der Waals surface area contributed by atoms with Crippen molar-refractivity contribution >= 4 is 32.7 Å². The van der Waals surface area contributed by atoms with Crippen LogP contribution in [-0.4, -0.2) is 4.98 Å². The Labute approximate surface area is 151 Å². The van der Waals surface area contributed by atoms with Crippen LogP contribution in [0.15, 0.2) is 71.3 Å². The van der Waals surface area contributed by atoms with Gasteiger partial charge in [0.2, 0.25) is 0 Å². The van der Waals surface area contributed by atoms with Crippen LogP contribution in [0.2, 0.25) is 0 Å². The number of pyridine rings is 1. The van der Waals surface area contributed by atoms with Gasteiger partial charge in [-0.1, -0.05) is 56.3 Å². The summed E-state index contributed by atoms with van der Waals surface area (Å²) in [5, 5.41) is 4.99. The Morgan fingerprint density at radius 3 is 2.54 bits per heavy atom. The molecule has 1 aliphatic rings. The maximum Gasteiger partial charge on any atom is 0.136 e. The lowest BCUT2D eigenvalue weighted by Crippen LogP contribution is -2.25. The van der Waals surface area contributed by atoms with Gasteiger partial charge in [-0.3, -0.25) is 4.98 Å². The molecule has 0 radical (unpaired) electrons. The lowest BCUT2D eigenvalue weighted by molar-refractivity contribution is 0.620. The zero-order valence-electron chi connectivity index (χ0n) is 14.7. The van der Waals surface area contributed by atoms with E-state index in [-0.39, 0.29) is 5.41 Å². The molecule has 26 heavy (non-hydrogen) atoms. The second kappa shape index (κ2) is 4.53. The predicted molar refractivity (Wildman–Crippen MR) is 107 cm³/mol. The molecule has 0 atom stereocenters. The van der Waals surface area contributed by atoms with Gasteiger partial charge in [0.1, 0.15) is 11.2 Å². The van der Waals surface area contributed by atoms with Gasteiger partial charge in [0, 0.05) is 27.9 Å². The third-order valence-electron chi connectivity index (χ3n) is 5.86. The van der Waals surface area contributed by atoms with E-state index >= 15 is 0 Å². The first-order valence-corrected chi connectivity index (χ1v) is 8.99. The first-order valence-electron chi connectivity index (χ1n) is 8.99. The van der Waals surface area contributed by atoms with Gasteiger partial charge in [0.15, 0.2) is 0 Å². The third-order valence-corrected chi connectivity index (χ3v) is 5.86. The molecule has 2 nitrogen and oxygen atoms in total. The fraction of sp³-hybridized carbons (Fsp3) is 0.125. The lowest BCUT2D eigenvalue weighted by Gasteiger charge is -2.33. The highest BCUT2D eigenvalue weighted by molar-refractivity contribution is 6.23. The van der Waals surface area contributed by atoms with Crippen molar-refractivity contribution in [2.45, 2.75) is 19.3 Å². The van der Waals surface area contributed by atoms with Crippen molar-refractivity contribution in [3.8, 4) is 11.1 Å². The van der Waals surface area contributed by atoms with Crippen LogP contribution >= 0.6 is 0 Å². The number of benzene rings is 3. The van der Waals surface area contributed by atoms with E-state index in [1.165, 1.54) is 38.2 Å². The smallest absolute Gasteiger partial charge is 0.136 e. The number of hydrogen-bond donors (Lipinski definition) is 0. The Bertz CT molecular complexity index is 1360. The summed E-state index contributed by atoms with van der Waals surface area (Å²) in [6, 6.07) is 21.4. The summed E-state index contributed by atoms with van der Waals surface area (Å²) in [6.45, 7) is 4.54. The van der Waals surface area contributed by atoms with Crippen molar-refractivity contribution in [2.75, 3.05) is 0 Å². The van der Waals surface area contributed by atoms with Crippen LogP contribution in [0.5, 0.6) is 0 Å². The highest BCUT2D eigenvalue weighted by Crippen LogP contribution is 2.50.